The number of amides is 1. The van der Waals surface area contributed by atoms with Gasteiger partial charge in [-0.1, -0.05) is 6.42 Å². The SMILES string of the molecule is NC1(C(=O)Nc2ccc(-c3nnc4n3CCCCC4)cc2)CCOCC1. The third kappa shape index (κ3) is 3.37. The monoisotopic (exact) mass is 355 g/mol. The Bertz CT molecular complexity index is 778. The minimum absolute atomic E-state index is 0.148. The van der Waals surface area contributed by atoms with Crippen LogP contribution in [0.15, 0.2) is 24.3 Å². The molecule has 26 heavy (non-hydrogen) atoms. The zero-order valence-electron chi connectivity index (χ0n) is 14.9. The molecule has 2 aromatic rings. The van der Waals surface area contributed by atoms with Crippen LogP contribution in [0.2, 0.25) is 0 Å². The number of hydrogen-bond donors (Lipinski definition) is 2. The van der Waals surface area contributed by atoms with E-state index in [4.69, 9.17) is 10.5 Å². The molecule has 0 atom stereocenters. The van der Waals surface area contributed by atoms with Gasteiger partial charge in [-0.15, -0.1) is 10.2 Å². The molecule has 1 fully saturated rings. The first-order chi connectivity index (χ1) is 12.7. The number of hydrogen-bond acceptors (Lipinski definition) is 5. The molecule has 7 heteroatoms. The molecule has 1 aromatic heterocycles. The van der Waals surface area contributed by atoms with Crippen LogP contribution in [0.4, 0.5) is 5.69 Å². The van der Waals surface area contributed by atoms with Gasteiger partial charge in [-0.05, 0) is 49.9 Å². The standard InChI is InChI=1S/C19H25N5O2/c20-19(9-12-26-13-10-19)18(25)21-15-7-5-14(6-8-15)17-23-22-16-4-2-1-3-11-24(16)17/h5-8H,1-4,9-13,20H2,(H,21,25). The maximum Gasteiger partial charge on any atom is 0.244 e. The van der Waals surface area contributed by atoms with Gasteiger partial charge in [0.1, 0.15) is 11.4 Å². The summed E-state index contributed by atoms with van der Waals surface area (Å²) in [6.45, 7) is 2.02. The number of fused-ring (bicyclic) bond motifs is 1. The van der Waals surface area contributed by atoms with Crippen molar-refractivity contribution in [3.63, 3.8) is 0 Å². The van der Waals surface area contributed by atoms with Crippen molar-refractivity contribution in [1.29, 1.82) is 0 Å². The molecule has 7 nitrogen and oxygen atoms in total. The normalized spacial score (nSPS) is 19.4. The minimum Gasteiger partial charge on any atom is -0.381 e. The number of carbonyl (C=O) groups excluding carboxylic acids is 1. The Labute approximate surface area is 152 Å². The first kappa shape index (κ1) is 17.2. The summed E-state index contributed by atoms with van der Waals surface area (Å²) in [5.74, 6) is 1.82. The molecule has 0 radical (unpaired) electrons. The molecule has 138 valence electrons. The summed E-state index contributed by atoms with van der Waals surface area (Å²) in [6, 6.07) is 7.75. The van der Waals surface area contributed by atoms with Crippen molar-refractivity contribution in [2.24, 2.45) is 5.73 Å². The van der Waals surface area contributed by atoms with E-state index < -0.39 is 5.54 Å². The average Bonchev–Trinajstić information content (AvgIpc) is 2.91. The number of nitrogens with one attached hydrogen (secondary N) is 1. The Morgan fingerprint density at radius 3 is 2.65 bits per heavy atom. The van der Waals surface area contributed by atoms with E-state index in [0.29, 0.717) is 26.1 Å². The molecular formula is C19H25N5O2. The van der Waals surface area contributed by atoms with Crippen LogP contribution in [0.3, 0.4) is 0 Å². The summed E-state index contributed by atoms with van der Waals surface area (Å²) in [6.07, 6.45) is 5.65. The second-order valence-electron chi connectivity index (χ2n) is 7.20. The van der Waals surface area contributed by atoms with Crippen molar-refractivity contribution in [2.75, 3.05) is 18.5 Å². The number of aryl methyl sites for hydroxylation is 1. The lowest BCUT2D eigenvalue weighted by Gasteiger charge is -2.31. The predicted octanol–water partition coefficient (Wildman–Crippen LogP) is 2.12. The number of benzene rings is 1. The molecule has 0 saturated carbocycles. The Morgan fingerprint density at radius 2 is 1.88 bits per heavy atom. The number of anilines is 1. The fraction of sp³-hybridized carbons (Fsp3) is 0.526. The van der Waals surface area contributed by atoms with Crippen LogP contribution < -0.4 is 11.1 Å². The summed E-state index contributed by atoms with van der Waals surface area (Å²) in [5.41, 5.74) is 7.14. The Hall–Kier alpha value is -2.25. The molecule has 0 aliphatic carbocycles. The van der Waals surface area contributed by atoms with Gasteiger partial charge >= 0.3 is 0 Å². The van der Waals surface area contributed by atoms with Crippen LogP contribution in [-0.4, -0.2) is 39.4 Å². The van der Waals surface area contributed by atoms with Crippen LogP contribution in [0.5, 0.6) is 0 Å². The number of nitrogens with two attached hydrogens (primary N) is 1. The van der Waals surface area contributed by atoms with Gasteiger partial charge in [0.25, 0.3) is 0 Å². The van der Waals surface area contributed by atoms with Gasteiger partial charge in [-0.25, -0.2) is 0 Å². The predicted molar refractivity (Wildman–Crippen MR) is 98.6 cm³/mol. The number of rotatable bonds is 3. The van der Waals surface area contributed by atoms with Gasteiger partial charge in [0.2, 0.25) is 5.91 Å². The third-order valence-electron chi connectivity index (χ3n) is 5.35. The van der Waals surface area contributed by atoms with Gasteiger partial charge < -0.3 is 20.4 Å². The zero-order valence-corrected chi connectivity index (χ0v) is 14.9. The van der Waals surface area contributed by atoms with Crippen molar-refractivity contribution < 1.29 is 9.53 Å². The van der Waals surface area contributed by atoms with E-state index in [2.05, 4.69) is 20.1 Å². The largest absolute Gasteiger partial charge is 0.381 e. The highest BCUT2D eigenvalue weighted by Gasteiger charge is 2.35. The minimum atomic E-state index is -0.846. The van der Waals surface area contributed by atoms with Crippen molar-refractivity contribution >= 4 is 11.6 Å². The van der Waals surface area contributed by atoms with Crippen molar-refractivity contribution in [2.45, 2.75) is 50.6 Å². The van der Waals surface area contributed by atoms with E-state index >= 15 is 0 Å². The van der Waals surface area contributed by atoms with Gasteiger partial charge in [0.15, 0.2) is 5.82 Å². The number of nitrogens with zero attached hydrogens (tertiary/aromatic N) is 3. The molecule has 2 aliphatic rings. The van der Waals surface area contributed by atoms with Crippen molar-refractivity contribution in [1.82, 2.24) is 14.8 Å². The molecule has 1 saturated heterocycles. The summed E-state index contributed by atoms with van der Waals surface area (Å²) < 4.78 is 7.52. The summed E-state index contributed by atoms with van der Waals surface area (Å²) in [5, 5.41) is 11.7. The Kier molecular flexibility index (Phi) is 4.74. The first-order valence-corrected chi connectivity index (χ1v) is 9.36. The summed E-state index contributed by atoms with van der Waals surface area (Å²) in [4.78, 5) is 12.5. The molecule has 0 bridgehead atoms. The quantitative estimate of drug-likeness (QED) is 0.879. The summed E-state index contributed by atoms with van der Waals surface area (Å²) >= 11 is 0. The van der Waals surface area contributed by atoms with Gasteiger partial charge in [-0.3, -0.25) is 4.79 Å². The first-order valence-electron chi connectivity index (χ1n) is 9.36. The van der Waals surface area contributed by atoms with E-state index in [1.54, 1.807) is 0 Å². The second-order valence-corrected chi connectivity index (χ2v) is 7.20. The van der Waals surface area contributed by atoms with Gasteiger partial charge in [-0.2, -0.15) is 0 Å². The van der Waals surface area contributed by atoms with E-state index in [-0.39, 0.29) is 5.91 Å². The van der Waals surface area contributed by atoms with E-state index in [1.165, 1.54) is 12.8 Å². The fourth-order valence-corrected chi connectivity index (χ4v) is 3.62. The van der Waals surface area contributed by atoms with Crippen LogP contribution in [0.1, 0.15) is 37.9 Å². The van der Waals surface area contributed by atoms with Gasteiger partial charge in [0.05, 0.1) is 0 Å². The third-order valence-corrected chi connectivity index (χ3v) is 5.35. The molecule has 2 aliphatic heterocycles. The molecule has 1 amide bonds. The topological polar surface area (TPSA) is 95.1 Å². The highest BCUT2D eigenvalue weighted by molar-refractivity contribution is 5.98. The zero-order chi connectivity index (χ0) is 18.0. The number of aromatic nitrogens is 3. The fourth-order valence-electron chi connectivity index (χ4n) is 3.62. The second kappa shape index (κ2) is 7.17. The lowest BCUT2D eigenvalue weighted by molar-refractivity contribution is -0.124. The maximum atomic E-state index is 12.5. The molecule has 0 unspecified atom stereocenters. The smallest absolute Gasteiger partial charge is 0.244 e. The lowest BCUT2D eigenvalue weighted by Crippen LogP contribution is -2.54. The maximum absolute atomic E-state index is 12.5. The van der Waals surface area contributed by atoms with Crippen LogP contribution in [0.25, 0.3) is 11.4 Å². The molecule has 0 spiro atoms. The molecule has 1 aromatic carbocycles. The van der Waals surface area contributed by atoms with E-state index in [9.17, 15) is 4.79 Å². The van der Waals surface area contributed by atoms with Crippen molar-refractivity contribution in [3.8, 4) is 11.4 Å². The Morgan fingerprint density at radius 1 is 1.12 bits per heavy atom. The lowest BCUT2D eigenvalue weighted by atomic mass is 9.90. The molecular weight excluding hydrogens is 330 g/mol. The van der Waals surface area contributed by atoms with Crippen molar-refractivity contribution in [3.05, 3.63) is 30.1 Å². The Balaban J connectivity index is 1.49. The van der Waals surface area contributed by atoms with Gasteiger partial charge in [0, 0.05) is 37.4 Å². The van der Waals surface area contributed by atoms with Crippen LogP contribution in [-0.2, 0) is 22.5 Å². The summed E-state index contributed by atoms with van der Waals surface area (Å²) in [7, 11) is 0. The molecule has 3 heterocycles. The number of carbonyl (C=O) groups is 1. The van der Waals surface area contributed by atoms with Crippen LogP contribution >= 0.6 is 0 Å². The molecule has 4 rings (SSSR count). The highest BCUT2D eigenvalue weighted by atomic mass is 16.5. The molecule has 3 N–H and O–H groups in total. The highest BCUT2D eigenvalue weighted by Crippen LogP contribution is 2.25. The van der Waals surface area contributed by atoms with Crippen LogP contribution in [0, 0.1) is 0 Å². The van der Waals surface area contributed by atoms with E-state index in [0.717, 1.165) is 42.3 Å². The van der Waals surface area contributed by atoms with E-state index in [1.807, 2.05) is 24.3 Å². The number of ether oxygens (including phenoxy) is 1. The average molecular weight is 355 g/mol.